The first-order valence-electron chi connectivity index (χ1n) is 12.4. The van der Waals surface area contributed by atoms with Crippen LogP contribution in [-0.2, 0) is 16.0 Å². The van der Waals surface area contributed by atoms with Gasteiger partial charge in [-0.1, -0.05) is 42.5 Å². The van der Waals surface area contributed by atoms with Crippen LogP contribution in [0.25, 0.3) is 0 Å². The van der Waals surface area contributed by atoms with Gasteiger partial charge in [0.05, 0.1) is 11.3 Å². The number of amides is 2. The molecule has 2 amide bonds. The van der Waals surface area contributed by atoms with E-state index >= 15 is 0 Å². The molecule has 2 aromatic rings. The predicted molar refractivity (Wildman–Crippen MR) is 129 cm³/mol. The molecule has 0 radical (unpaired) electrons. The van der Waals surface area contributed by atoms with Gasteiger partial charge in [0.2, 0.25) is 5.91 Å². The zero-order valence-corrected chi connectivity index (χ0v) is 19.3. The van der Waals surface area contributed by atoms with Gasteiger partial charge in [-0.25, -0.2) is 4.79 Å². The molecule has 3 N–H and O–H groups in total. The lowest BCUT2D eigenvalue weighted by Crippen LogP contribution is -2.47. The lowest BCUT2D eigenvalue weighted by Gasteiger charge is -2.56. The molecule has 6 nitrogen and oxygen atoms in total. The average molecular weight is 461 g/mol. The van der Waals surface area contributed by atoms with E-state index in [2.05, 4.69) is 10.6 Å². The Morgan fingerprint density at radius 2 is 1.47 bits per heavy atom. The largest absolute Gasteiger partial charge is 0.480 e. The SMILES string of the molecule is O=C(CC12CC3CC(CC(C3)C1)C2)Nc1ccccc1C(=O)NC(Cc1ccccc1)C(=O)O. The lowest BCUT2D eigenvalue weighted by atomic mass is 9.49. The number of carbonyl (C=O) groups is 3. The number of benzene rings is 2. The van der Waals surface area contributed by atoms with E-state index in [9.17, 15) is 19.5 Å². The van der Waals surface area contributed by atoms with E-state index in [4.69, 9.17) is 0 Å². The highest BCUT2D eigenvalue weighted by atomic mass is 16.4. The Bertz CT molecular complexity index is 1050. The number of carbonyl (C=O) groups excluding carboxylic acids is 2. The zero-order valence-electron chi connectivity index (χ0n) is 19.3. The second kappa shape index (κ2) is 9.24. The van der Waals surface area contributed by atoms with Gasteiger partial charge in [-0.05, 0) is 79.4 Å². The Morgan fingerprint density at radius 3 is 2.09 bits per heavy atom. The quantitative estimate of drug-likeness (QED) is 0.534. The summed E-state index contributed by atoms with van der Waals surface area (Å²) in [6.07, 6.45) is 8.12. The van der Waals surface area contributed by atoms with Gasteiger partial charge in [0.15, 0.2) is 0 Å². The minimum absolute atomic E-state index is 0.0544. The number of hydrogen-bond acceptors (Lipinski definition) is 3. The van der Waals surface area contributed by atoms with E-state index in [1.165, 1.54) is 19.3 Å². The summed E-state index contributed by atoms with van der Waals surface area (Å²) in [6.45, 7) is 0. The van der Waals surface area contributed by atoms with Gasteiger partial charge in [-0.2, -0.15) is 0 Å². The molecule has 34 heavy (non-hydrogen) atoms. The fraction of sp³-hybridized carbons (Fsp3) is 0.464. The third-order valence-corrected chi connectivity index (χ3v) is 8.03. The predicted octanol–water partition coefficient (Wildman–Crippen LogP) is 4.66. The molecule has 1 unspecified atom stereocenters. The maximum absolute atomic E-state index is 13.1. The van der Waals surface area contributed by atoms with Gasteiger partial charge in [0.1, 0.15) is 6.04 Å². The monoisotopic (exact) mass is 460 g/mol. The molecule has 4 fully saturated rings. The number of carboxylic acids is 1. The van der Waals surface area contributed by atoms with Gasteiger partial charge in [-0.15, -0.1) is 0 Å². The number of anilines is 1. The fourth-order valence-electron chi connectivity index (χ4n) is 7.12. The molecular weight excluding hydrogens is 428 g/mol. The Morgan fingerprint density at radius 1 is 0.882 bits per heavy atom. The topological polar surface area (TPSA) is 95.5 Å². The van der Waals surface area contributed by atoms with Gasteiger partial charge in [0.25, 0.3) is 5.91 Å². The first kappa shape index (κ1) is 22.6. The molecule has 4 aliphatic carbocycles. The highest BCUT2D eigenvalue weighted by Gasteiger charge is 2.51. The average Bonchev–Trinajstić information content (AvgIpc) is 2.78. The molecule has 4 saturated carbocycles. The van der Waals surface area contributed by atoms with Gasteiger partial charge < -0.3 is 15.7 Å². The summed E-state index contributed by atoms with van der Waals surface area (Å²) in [6, 6.07) is 15.0. The maximum Gasteiger partial charge on any atom is 0.326 e. The Balaban J connectivity index is 1.26. The normalized spacial score (nSPS) is 27.7. The van der Waals surface area contributed by atoms with Crippen molar-refractivity contribution in [3.05, 3.63) is 65.7 Å². The standard InChI is InChI=1S/C28H32N2O4/c31-25(17-28-14-19-10-20(15-28)12-21(11-19)16-28)29-23-9-5-4-8-22(23)26(32)30-24(27(33)34)13-18-6-2-1-3-7-18/h1-9,19-21,24H,10-17H2,(H,29,31)(H,30,32)(H,33,34). The van der Waals surface area contributed by atoms with Gasteiger partial charge >= 0.3 is 5.97 Å². The number of rotatable bonds is 8. The summed E-state index contributed by atoms with van der Waals surface area (Å²) in [5, 5.41) is 15.3. The summed E-state index contributed by atoms with van der Waals surface area (Å²) < 4.78 is 0. The summed E-state index contributed by atoms with van der Waals surface area (Å²) in [5.41, 5.74) is 1.65. The van der Waals surface area contributed by atoms with Crippen molar-refractivity contribution < 1.29 is 19.5 Å². The lowest BCUT2D eigenvalue weighted by molar-refractivity contribution is -0.139. The second-order valence-corrected chi connectivity index (χ2v) is 10.7. The first-order valence-corrected chi connectivity index (χ1v) is 12.4. The van der Waals surface area contributed by atoms with Crippen LogP contribution in [0.3, 0.4) is 0 Å². The molecule has 6 heteroatoms. The highest BCUT2D eigenvalue weighted by Crippen LogP contribution is 2.61. The molecule has 0 aromatic heterocycles. The van der Waals surface area contributed by atoms with Crippen LogP contribution in [0.1, 0.15) is 60.9 Å². The molecule has 0 heterocycles. The molecular formula is C28H32N2O4. The molecule has 4 aliphatic rings. The minimum Gasteiger partial charge on any atom is -0.480 e. The molecule has 2 aromatic carbocycles. The van der Waals surface area contributed by atoms with Crippen molar-refractivity contribution in [1.29, 1.82) is 0 Å². The van der Waals surface area contributed by atoms with Crippen molar-refractivity contribution in [2.24, 2.45) is 23.2 Å². The second-order valence-electron chi connectivity index (χ2n) is 10.7. The Labute approximate surface area is 200 Å². The third-order valence-electron chi connectivity index (χ3n) is 8.03. The molecule has 0 aliphatic heterocycles. The highest BCUT2D eigenvalue weighted by molar-refractivity contribution is 6.04. The van der Waals surface area contributed by atoms with E-state index in [1.807, 2.05) is 30.3 Å². The van der Waals surface area contributed by atoms with Crippen LogP contribution >= 0.6 is 0 Å². The van der Waals surface area contributed by atoms with E-state index in [1.54, 1.807) is 24.3 Å². The molecule has 178 valence electrons. The van der Waals surface area contributed by atoms with Crippen LogP contribution in [0.5, 0.6) is 0 Å². The van der Waals surface area contributed by atoms with Crippen LogP contribution in [0, 0.1) is 23.2 Å². The van der Waals surface area contributed by atoms with Crippen molar-refractivity contribution in [2.75, 3.05) is 5.32 Å². The minimum atomic E-state index is -1.10. The van der Waals surface area contributed by atoms with Crippen LogP contribution in [-0.4, -0.2) is 28.9 Å². The Hall–Kier alpha value is -3.15. The van der Waals surface area contributed by atoms with E-state index < -0.39 is 17.9 Å². The molecule has 1 atom stereocenters. The molecule has 4 bridgehead atoms. The van der Waals surface area contributed by atoms with E-state index in [0.29, 0.717) is 12.1 Å². The number of nitrogens with one attached hydrogen (secondary N) is 2. The van der Waals surface area contributed by atoms with Crippen molar-refractivity contribution in [3.8, 4) is 0 Å². The summed E-state index contributed by atoms with van der Waals surface area (Å²) >= 11 is 0. The number of aliphatic carboxylic acids is 1. The van der Waals surface area contributed by atoms with Crippen molar-refractivity contribution in [1.82, 2.24) is 5.32 Å². The number of para-hydroxylation sites is 1. The first-order chi connectivity index (χ1) is 16.4. The van der Waals surface area contributed by atoms with Crippen LogP contribution < -0.4 is 10.6 Å². The summed E-state index contributed by atoms with van der Waals surface area (Å²) in [7, 11) is 0. The molecule has 0 spiro atoms. The Kier molecular flexibility index (Phi) is 6.15. The zero-order chi connectivity index (χ0) is 23.7. The molecule has 6 rings (SSSR count). The summed E-state index contributed by atoms with van der Waals surface area (Å²) in [4.78, 5) is 37.9. The van der Waals surface area contributed by atoms with E-state index in [-0.39, 0.29) is 23.3 Å². The smallest absolute Gasteiger partial charge is 0.326 e. The fourth-order valence-corrected chi connectivity index (χ4v) is 7.12. The molecule has 0 saturated heterocycles. The van der Waals surface area contributed by atoms with Crippen LogP contribution in [0.15, 0.2) is 54.6 Å². The summed E-state index contributed by atoms with van der Waals surface area (Å²) in [5.74, 6) is 0.662. The third kappa shape index (κ3) is 4.86. The van der Waals surface area contributed by atoms with Crippen molar-refractivity contribution in [3.63, 3.8) is 0 Å². The van der Waals surface area contributed by atoms with Crippen LogP contribution in [0.4, 0.5) is 5.69 Å². The van der Waals surface area contributed by atoms with Gasteiger partial charge in [-0.3, -0.25) is 9.59 Å². The van der Waals surface area contributed by atoms with Crippen LogP contribution in [0.2, 0.25) is 0 Å². The number of carboxylic acid groups (broad SMARTS) is 1. The van der Waals surface area contributed by atoms with E-state index in [0.717, 1.165) is 42.6 Å². The number of hydrogen-bond donors (Lipinski definition) is 3. The van der Waals surface area contributed by atoms with Crippen molar-refractivity contribution in [2.45, 2.75) is 57.4 Å². The van der Waals surface area contributed by atoms with Crippen molar-refractivity contribution >= 4 is 23.5 Å². The maximum atomic E-state index is 13.1. The van der Waals surface area contributed by atoms with Gasteiger partial charge in [0, 0.05) is 12.8 Å².